The molecule has 0 unspecified atom stereocenters. The highest BCUT2D eigenvalue weighted by atomic mass is 32.2. The molecule has 8 heteroatoms. The lowest BCUT2D eigenvalue weighted by atomic mass is 10.1. The Labute approximate surface area is 182 Å². The number of nitrogens with one attached hydrogen (secondary N) is 1. The number of carbonyl (C=O) groups is 1. The van der Waals surface area contributed by atoms with Crippen LogP contribution in [0.15, 0.2) is 84.0 Å². The average Bonchev–Trinajstić information content (AvgIpc) is 3.44. The second-order valence-corrected chi connectivity index (χ2v) is 7.93. The van der Waals surface area contributed by atoms with Gasteiger partial charge >= 0.3 is 0 Å². The largest absolute Gasteiger partial charge is 0.335 e. The van der Waals surface area contributed by atoms with E-state index in [0.29, 0.717) is 22.2 Å². The summed E-state index contributed by atoms with van der Waals surface area (Å²) in [6.07, 6.45) is 0. The molecule has 2 aromatic heterocycles. The lowest BCUT2D eigenvalue weighted by molar-refractivity contribution is 0.102. The van der Waals surface area contributed by atoms with Gasteiger partial charge in [-0.05, 0) is 22.9 Å². The Morgan fingerprint density at radius 3 is 2.55 bits per heavy atom. The molecule has 31 heavy (non-hydrogen) atoms. The number of Topliss-reactive ketones (excluding diaryl/α,β-unsaturated/α-hetero) is 1. The molecule has 152 valence electrons. The molecule has 0 radical (unpaired) electrons. The van der Waals surface area contributed by atoms with Crippen LogP contribution in [0.2, 0.25) is 0 Å². The topological polar surface area (TPSA) is 102 Å². The van der Waals surface area contributed by atoms with E-state index >= 15 is 0 Å². The normalized spacial score (nSPS) is 11.1. The van der Waals surface area contributed by atoms with E-state index in [9.17, 15) is 4.79 Å². The third-order valence-corrected chi connectivity index (χ3v) is 5.90. The molecule has 0 amide bonds. The van der Waals surface area contributed by atoms with Crippen LogP contribution in [0.4, 0.5) is 0 Å². The van der Waals surface area contributed by atoms with Crippen LogP contribution in [0.25, 0.3) is 33.5 Å². The van der Waals surface area contributed by atoms with Crippen LogP contribution in [0.3, 0.4) is 0 Å². The molecule has 0 aliphatic carbocycles. The van der Waals surface area contributed by atoms with E-state index in [1.807, 2.05) is 78.9 Å². The van der Waals surface area contributed by atoms with Gasteiger partial charge in [-0.15, -0.1) is 10.2 Å². The number of H-pyrrole nitrogens is 1. The summed E-state index contributed by atoms with van der Waals surface area (Å²) in [4.78, 5) is 12.7. The van der Waals surface area contributed by atoms with Crippen molar-refractivity contribution in [1.29, 1.82) is 0 Å². The van der Waals surface area contributed by atoms with Gasteiger partial charge in [-0.1, -0.05) is 78.5 Å². The Bertz CT molecular complexity index is 1380. The van der Waals surface area contributed by atoms with Crippen molar-refractivity contribution in [2.24, 2.45) is 0 Å². The van der Waals surface area contributed by atoms with Gasteiger partial charge in [-0.2, -0.15) is 5.10 Å². The fraction of sp³-hybridized carbons (Fsp3) is 0.0435. The highest BCUT2D eigenvalue weighted by Gasteiger charge is 2.17. The Morgan fingerprint density at radius 2 is 1.71 bits per heavy atom. The standard InChI is InChI=1S/C23H18N6OS/c24-29-22(20-13-19(25-26-20)16-7-2-1-3-8-16)27-28-23(29)31-14-21(30)18-11-10-15-6-4-5-9-17(15)12-18/h1-13H,14,24H2,(H,25,26). The molecular weight excluding hydrogens is 408 g/mol. The number of nitrogen functional groups attached to an aromatic ring is 1. The summed E-state index contributed by atoms with van der Waals surface area (Å²) in [5.74, 6) is 6.87. The first-order valence-electron chi connectivity index (χ1n) is 9.65. The van der Waals surface area contributed by atoms with Crippen molar-refractivity contribution in [3.8, 4) is 22.8 Å². The fourth-order valence-corrected chi connectivity index (χ4v) is 4.08. The second kappa shape index (κ2) is 8.08. The van der Waals surface area contributed by atoms with Crippen LogP contribution in [0, 0.1) is 0 Å². The molecule has 0 saturated carbocycles. The van der Waals surface area contributed by atoms with E-state index in [-0.39, 0.29) is 11.5 Å². The van der Waals surface area contributed by atoms with Crippen molar-refractivity contribution in [3.05, 3.63) is 84.4 Å². The molecule has 0 aliphatic rings. The van der Waals surface area contributed by atoms with Crippen LogP contribution in [-0.2, 0) is 0 Å². The quantitative estimate of drug-likeness (QED) is 0.240. The van der Waals surface area contributed by atoms with E-state index in [4.69, 9.17) is 5.84 Å². The summed E-state index contributed by atoms with van der Waals surface area (Å²) in [5.41, 5.74) is 3.10. The lowest BCUT2D eigenvalue weighted by Gasteiger charge is -2.04. The Kier molecular flexibility index (Phi) is 4.97. The third kappa shape index (κ3) is 3.80. The number of benzene rings is 3. The van der Waals surface area contributed by atoms with Crippen LogP contribution in [-0.4, -0.2) is 36.6 Å². The molecule has 0 aliphatic heterocycles. The van der Waals surface area contributed by atoms with Crippen LogP contribution in [0.5, 0.6) is 0 Å². The fourth-order valence-electron chi connectivity index (χ4n) is 3.33. The maximum atomic E-state index is 12.7. The number of rotatable bonds is 6. The van der Waals surface area contributed by atoms with Gasteiger partial charge in [0, 0.05) is 11.1 Å². The SMILES string of the molecule is Nn1c(SCC(=O)c2ccc3ccccc3c2)nnc1-c1cc(-c2ccccc2)n[nH]1. The maximum absolute atomic E-state index is 12.7. The monoisotopic (exact) mass is 426 g/mol. The van der Waals surface area contributed by atoms with Gasteiger partial charge in [-0.3, -0.25) is 9.89 Å². The number of aromatic nitrogens is 5. The minimum absolute atomic E-state index is 0.00760. The van der Waals surface area contributed by atoms with E-state index in [2.05, 4.69) is 20.4 Å². The van der Waals surface area contributed by atoms with Gasteiger partial charge < -0.3 is 5.84 Å². The first-order valence-corrected chi connectivity index (χ1v) is 10.6. The number of carbonyl (C=O) groups excluding carboxylic acids is 1. The van der Waals surface area contributed by atoms with Crippen molar-refractivity contribution in [2.75, 3.05) is 11.6 Å². The first-order chi connectivity index (χ1) is 15.2. The van der Waals surface area contributed by atoms with Gasteiger partial charge in [0.25, 0.3) is 0 Å². The highest BCUT2D eigenvalue weighted by molar-refractivity contribution is 7.99. The molecule has 5 aromatic rings. The number of fused-ring (bicyclic) bond motifs is 1. The number of ketones is 1. The summed E-state index contributed by atoms with van der Waals surface area (Å²) in [6, 6.07) is 25.4. The molecule has 5 rings (SSSR count). The zero-order chi connectivity index (χ0) is 21.2. The Balaban J connectivity index is 1.31. The molecule has 0 spiro atoms. The minimum atomic E-state index is 0.00760. The van der Waals surface area contributed by atoms with Crippen molar-refractivity contribution < 1.29 is 4.79 Å². The number of aromatic amines is 1. The highest BCUT2D eigenvalue weighted by Crippen LogP contribution is 2.25. The van der Waals surface area contributed by atoms with Gasteiger partial charge in [0.2, 0.25) is 11.0 Å². The molecule has 0 atom stereocenters. The minimum Gasteiger partial charge on any atom is -0.335 e. The maximum Gasteiger partial charge on any atom is 0.210 e. The van der Waals surface area contributed by atoms with Crippen molar-refractivity contribution in [1.82, 2.24) is 25.1 Å². The number of thioether (sulfide) groups is 1. The van der Waals surface area contributed by atoms with Gasteiger partial charge in [0.1, 0.15) is 5.69 Å². The molecule has 3 N–H and O–H groups in total. The van der Waals surface area contributed by atoms with Crippen LogP contribution >= 0.6 is 11.8 Å². The Morgan fingerprint density at radius 1 is 0.935 bits per heavy atom. The summed E-state index contributed by atoms with van der Waals surface area (Å²) in [6.45, 7) is 0. The molecule has 0 bridgehead atoms. The van der Waals surface area contributed by atoms with Crippen LogP contribution < -0.4 is 5.84 Å². The molecule has 0 saturated heterocycles. The number of hydrogen-bond donors (Lipinski definition) is 2. The average molecular weight is 427 g/mol. The van der Waals surface area contributed by atoms with E-state index < -0.39 is 0 Å². The third-order valence-electron chi connectivity index (χ3n) is 4.96. The predicted molar refractivity (Wildman–Crippen MR) is 122 cm³/mol. The predicted octanol–water partition coefficient (Wildman–Crippen LogP) is 4.18. The lowest BCUT2D eigenvalue weighted by Crippen LogP contribution is -2.13. The number of nitrogens with two attached hydrogens (primary N) is 1. The molecule has 7 nitrogen and oxygen atoms in total. The molecule has 2 heterocycles. The second-order valence-electron chi connectivity index (χ2n) is 6.98. The van der Waals surface area contributed by atoms with E-state index in [0.717, 1.165) is 22.0 Å². The number of nitrogens with zero attached hydrogens (tertiary/aromatic N) is 4. The molecule has 3 aromatic carbocycles. The summed E-state index contributed by atoms with van der Waals surface area (Å²) in [7, 11) is 0. The smallest absolute Gasteiger partial charge is 0.210 e. The Hall–Kier alpha value is -3.91. The van der Waals surface area contributed by atoms with E-state index in [1.54, 1.807) is 0 Å². The molecule has 0 fully saturated rings. The van der Waals surface area contributed by atoms with Gasteiger partial charge in [0.05, 0.1) is 11.4 Å². The van der Waals surface area contributed by atoms with Crippen molar-refractivity contribution >= 4 is 28.3 Å². The summed E-state index contributed by atoms with van der Waals surface area (Å²) in [5, 5.41) is 18.2. The van der Waals surface area contributed by atoms with Crippen molar-refractivity contribution in [3.63, 3.8) is 0 Å². The van der Waals surface area contributed by atoms with Crippen molar-refractivity contribution in [2.45, 2.75) is 5.16 Å². The van der Waals surface area contributed by atoms with Gasteiger partial charge in [-0.25, -0.2) is 4.68 Å². The summed E-state index contributed by atoms with van der Waals surface area (Å²) < 4.78 is 1.38. The number of hydrogen-bond acceptors (Lipinski definition) is 6. The van der Waals surface area contributed by atoms with E-state index in [1.165, 1.54) is 16.4 Å². The zero-order valence-corrected chi connectivity index (χ0v) is 17.2. The first kappa shape index (κ1) is 19.1. The molecular formula is C23H18N6OS. The summed E-state index contributed by atoms with van der Waals surface area (Å²) >= 11 is 1.25. The van der Waals surface area contributed by atoms with Gasteiger partial charge in [0.15, 0.2) is 5.78 Å². The van der Waals surface area contributed by atoms with Crippen LogP contribution in [0.1, 0.15) is 10.4 Å². The zero-order valence-electron chi connectivity index (χ0n) is 16.4.